The lowest BCUT2D eigenvalue weighted by atomic mass is 9.91. The quantitative estimate of drug-likeness (QED) is 0.612. The Labute approximate surface area is 156 Å². The van der Waals surface area contributed by atoms with Crippen LogP contribution in [0.3, 0.4) is 0 Å². The van der Waals surface area contributed by atoms with Gasteiger partial charge in [0.25, 0.3) is 5.91 Å². The number of piperidine rings is 1. The van der Waals surface area contributed by atoms with Crippen molar-refractivity contribution in [1.29, 1.82) is 0 Å². The molecule has 2 fully saturated rings. The lowest BCUT2D eigenvalue weighted by Crippen LogP contribution is -2.58. The van der Waals surface area contributed by atoms with E-state index in [1.807, 2.05) is 12.1 Å². The number of hydrogen-bond donors (Lipinski definition) is 3. The smallest absolute Gasteiger partial charge is 0.256 e. The van der Waals surface area contributed by atoms with Gasteiger partial charge in [-0.1, -0.05) is 29.8 Å². The summed E-state index contributed by atoms with van der Waals surface area (Å²) >= 11 is 0. The summed E-state index contributed by atoms with van der Waals surface area (Å²) in [6, 6.07) is 8.22. The number of nitrogens with one attached hydrogen (secondary N) is 2. The maximum absolute atomic E-state index is 12.8. The number of amides is 1. The second kappa shape index (κ2) is 8.95. The van der Waals surface area contributed by atoms with Gasteiger partial charge in [-0.3, -0.25) is 9.69 Å². The van der Waals surface area contributed by atoms with Crippen LogP contribution in [0.1, 0.15) is 24.0 Å². The second-order valence-corrected chi connectivity index (χ2v) is 7.62. The minimum atomic E-state index is -1.27. The van der Waals surface area contributed by atoms with Crippen molar-refractivity contribution in [1.82, 2.24) is 20.4 Å². The molecule has 26 heavy (non-hydrogen) atoms. The van der Waals surface area contributed by atoms with E-state index in [9.17, 15) is 9.90 Å². The number of hydrogen-bond acceptors (Lipinski definition) is 5. The molecule has 1 amide bonds. The van der Waals surface area contributed by atoms with E-state index in [0.29, 0.717) is 19.5 Å². The van der Waals surface area contributed by atoms with Gasteiger partial charge < -0.3 is 20.6 Å². The summed E-state index contributed by atoms with van der Waals surface area (Å²) in [5.41, 5.74) is 1.04. The Hall–Kier alpha value is -1.47. The van der Waals surface area contributed by atoms with Gasteiger partial charge in [-0.2, -0.15) is 0 Å². The van der Waals surface area contributed by atoms with Crippen LogP contribution in [0.25, 0.3) is 0 Å². The van der Waals surface area contributed by atoms with E-state index in [0.717, 1.165) is 57.8 Å². The molecular formula is C20H32N4O2. The topological polar surface area (TPSA) is 67.8 Å². The third-order valence-corrected chi connectivity index (χ3v) is 5.39. The molecule has 2 aliphatic rings. The summed E-state index contributed by atoms with van der Waals surface area (Å²) in [6.07, 6.45) is 1.38. The second-order valence-electron chi connectivity index (χ2n) is 7.62. The van der Waals surface area contributed by atoms with Crippen molar-refractivity contribution in [3.05, 3.63) is 35.4 Å². The summed E-state index contributed by atoms with van der Waals surface area (Å²) in [7, 11) is 0. The van der Waals surface area contributed by atoms with Crippen LogP contribution in [0.5, 0.6) is 0 Å². The zero-order chi connectivity index (χ0) is 18.4. The molecule has 1 aromatic carbocycles. The van der Waals surface area contributed by atoms with Gasteiger partial charge in [0.2, 0.25) is 0 Å². The monoisotopic (exact) mass is 360 g/mol. The molecule has 6 nitrogen and oxygen atoms in total. The first-order chi connectivity index (χ1) is 12.6. The number of carbonyl (C=O) groups excluding carboxylic acids is 1. The Morgan fingerprint density at radius 3 is 2.85 bits per heavy atom. The highest BCUT2D eigenvalue weighted by atomic mass is 16.3. The normalized spacial score (nSPS) is 24.8. The highest BCUT2D eigenvalue weighted by Crippen LogP contribution is 2.24. The number of aryl methyl sites for hydroxylation is 1. The number of piperazine rings is 1. The molecule has 3 rings (SSSR count). The van der Waals surface area contributed by atoms with Crippen molar-refractivity contribution in [2.24, 2.45) is 0 Å². The summed E-state index contributed by atoms with van der Waals surface area (Å²) in [4.78, 5) is 17.1. The molecule has 0 bridgehead atoms. The highest BCUT2D eigenvalue weighted by molar-refractivity contribution is 5.86. The molecule has 0 spiro atoms. The third-order valence-electron chi connectivity index (χ3n) is 5.39. The summed E-state index contributed by atoms with van der Waals surface area (Å²) in [5, 5.41) is 17.6. The fourth-order valence-corrected chi connectivity index (χ4v) is 3.88. The fourth-order valence-electron chi connectivity index (χ4n) is 3.88. The van der Waals surface area contributed by atoms with Crippen molar-refractivity contribution in [3.8, 4) is 0 Å². The summed E-state index contributed by atoms with van der Waals surface area (Å²) in [5.74, 6) is -0.139. The SMILES string of the molecule is Cc1cccc(CN2CCC[C@](O)(CNCCN3CCNCC3)C2=O)c1. The Morgan fingerprint density at radius 1 is 1.27 bits per heavy atom. The van der Waals surface area contributed by atoms with E-state index in [1.54, 1.807) is 4.90 Å². The first-order valence-electron chi connectivity index (χ1n) is 9.78. The predicted octanol–water partition coefficient (Wildman–Crippen LogP) is 0.343. The molecule has 2 aliphatic heterocycles. The predicted molar refractivity (Wildman–Crippen MR) is 103 cm³/mol. The van der Waals surface area contributed by atoms with Gasteiger partial charge in [0.15, 0.2) is 5.60 Å². The maximum atomic E-state index is 12.8. The molecule has 0 radical (unpaired) electrons. The van der Waals surface area contributed by atoms with E-state index in [-0.39, 0.29) is 5.91 Å². The number of carbonyl (C=O) groups is 1. The Kier molecular flexibility index (Phi) is 6.64. The number of likely N-dealkylation sites (tertiary alicyclic amines) is 1. The average molecular weight is 361 g/mol. The van der Waals surface area contributed by atoms with Crippen molar-refractivity contribution >= 4 is 5.91 Å². The van der Waals surface area contributed by atoms with Crippen LogP contribution in [0.4, 0.5) is 0 Å². The first kappa shape index (κ1) is 19.3. The molecule has 144 valence electrons. The van der Waals surface area contributed by atoms with Crippen molar-refractivity contribution < 1.29 is 9.90 Å². The van der Waals surface area contributed by atoms with Gasteiger partial charge in [0.05, 0.1) is 0 Å². The molecule has 6 heteroatoms. The lowest BCUT2D eigenvalue weighted by molar-refractivity contribution is -0.157. The van der Waals surface area contributed by atoms with E-state index in [2.05, 4.69) is 34.6 Å². The minimum Gasteiger partial charge on any atom is -0.379 e. The molecule has 1 aromatic rings. The molecule has 0 unspecified atom stereocenters. The van der Waals surface area contributed by atoms with E-state index in [4.69, 9.17) is 0 Å². The first-order valence-corrected chi connectivity index (χ1v) is 9.78. The van der Waals surface area contributed by atoms with Crippen molar-refractivity contribution in [3.63, 3.8) is 0 Å². The van der Waals surface area contributed by atoms with Gasteiger partial charge in [0, 0.05) is 58.9 Å². The van der Waals surface area contributed by atoms with Crippen LogP contribution in [0.2, 0.25) is 0 Å². The molecular weight excluding hydrogens is 328 g/mol. The minimum absolute atomic E-state index is 0.139. The largest absolute Gasteiger partial charge is 0.379 e. The molecule has 0 aliphatic carbocycles. The summed E-state index contributed by atoms with van der Waals surface area (Å²) < 4.78 is 0. The van der Waals surface area contributed by atoms with Gasteiger partial charge >= 0.3 is 0 Å². The lowest BCUT2D eigenvalue weighted by Gasteiger charge is -2.38. The summed E-state index contributed by atoms with van der Waals surface area (Å²) in [6.45, 7) is 9.64. The fraction of sp³-hybridized carbons (Fsp3) is 0.650. The third kappa shape index (κ3) is 5.04. The molecule has 3 N–H and O–H groups in total. The molecule has 1 atom stereocenters. The van der Waals surface area contributed by atoms with Crippen LogP contribution in [0.15, 0.2) is 24.3 Å². The van der Waals surface area contributed by atoms with Gasteiger partial charge in [-0.15, -0.1) is 0 Å². The van der Waals surface area contributed by atoms with Gasteiger partial charge in [-0.25, -0.2) is 0 Å². The number of aliphatic hydroxyl groups is 1. The molecule has 0 saturated carbocycles. The van der Waals surface area contributed by atoms with Crippen LogP contribution in [0, 0.1) is 6.92 Å². The Balaban J connectivity index is 1.48. The number of nitrogens with zero attached hydrogens (tertiary/aromatic N) is 2. The standard InChI is InChI=1S/C20H32N4O2/c1-17-4-2-5-18(14-17)15-24-10-3-6-20(26,19(24)25)16-22-9-13-23-11-7-21-8-12-23/h2,4-5,14,21-22,26H,3,6-13,15-16H2,1H3/t20-/m0/s1. The molecule has 2 heterocycles. The van der Waals surface area contributed by atoms with Crippen LogP contribution >= 0.6 is 0 Å². The van der Waals surface area contributed by atoms with Crippen LogP contribution in [-0.4, -0.2) is 78.8 Å². The van der Waals surface area contributed by atoms with Crippen LogP contribution < -0.4 is 10.6 Å². The van der Waals surface area contributed by atoms with Gasteiger partial charge in [-0.05, 0) is 25.3 Å². The van der Waals surface area contributed by atoms with Crippen molar-refractivity contribution in [2.75, 3.05) is 52.4 Å². The number of rotatable bonds is 7. The van der Waals surface area contributed by atoms with Crippen LogP contribution in [-0.2, 0) is 11.3 Å². The number of benzene rings is 1. The van der Waals surface area contributed by atoms with E-state index < -0.39 is 5.60 Å². The Bertz CT molecular complexity index is 603. The zero-order valence-corrected chi connectivity index (χ0v) is 15.8. The molecule has 0 aromatic heterocycles. The maximum Gasteiger partial charge on any atom is 0.256 e. The average Bonchev–Trinajstić information content (AvgIpc) is 2.64. The highest BCUT2D eigenvalue weighted by Gasteiger charge is 2.41. The van der Waals surface area contributed by atoms with E-state index >= 15 is 0 Å². The molecule has 2 saturated heterocycles. The van der Waals surface area contributed by atoms with E-state index in [1.165, 1.54) is 5.56 Å². The van der Waals surface area contributed by atoms with Crippen molar-refractivity contribution in [2.45, 2.75) is 31.9 Å². The van der Waals surface area contributed by atoms with Gasteiger partial charge in [0.1, 0.15) is 0 Å². The zero-order valence-electron chi connectivity index (χ0n) is 15.8. The Morgan fingerprint density at radius 2 is 2.08 bits per heavy atom.